The van der Waals surface area contributed by atoms with Crippen LogP contribution in [0.25, 0.3) is 22.2 Å². The molecule has 5 nitrogen and oxygen atoms in total. The van der Waals surface area contributed by atoms with Crippen LogP contribution in [-0.4, -0.2) is 41.2 Å². The summed E-state index contributed by atoms with van der Waals surface area (Å²) in [7, 11) is 0. The number of nitrogens with one attached hydrogen (secondary N) is 2. The maximum Gasteiger partial charge on any atom is 0.323 e. The number of imidazole rings is 1. The van der Waals surface area contributed by atoms with Gasteiger partial charge < -0.3 is 14.7 Å². The van der Waals surface area contributed by atoms with Crippen LogP contribution in [0.3, 0.4) is 0 Å². The summed E-state index contributed by atoms with van der Waals surface area (Å²) in [5.74, 6) is 0. The van der Waals surface area contributed by atoms with E-state index in [0.717, 1.165) is 60.6 Å². The Morgan fingerprint density at radius 3 is 2.60 bits per heavy atom. The first-order chi connectivity index (χ1) is 12.1. The molecule has 2 heterocycles. The highest BCUT2D eigenvalue weighted by atomic mass is 35.5. The van der Waals surface area contributed by atoms with E-state index in [1.165, 1.54) is 0 Å². The average molecular weight is 378 g/mol. The van der Waals surface area contributed by atoms with Crippen molar-refractivity contribution in [1.29, 1.82) is 0 Å². The number of morpholine rings is 1. The lowest BCUT2D eigenvalue weighted by Crippen LogP contribution is -2.35. The van der Waals surface area contributed by atoms with Crippen molar-refractivity contribution in [1.82, 2.24) is 14.9 Å². The highest BCUT2D eigenvalue weighted by molar-refractivity contribution is 6.39. The van der Waals surface area contributed by atoms with Gasteiger partial charge in [0.1, 0.15) is 0 Å². The molecule has 0 saturated carbocycles. The van der Waals surface area contributed by atoms with Gasteiger partial charge in [-0.05, 0) is 29.3 Å². The Labute approximate surface area is 154 Å². The number of nitrogens with zero attached hydrogens (tertiary/aromatic N) is 1. The van der Waals surface area contributed by atoms with Crippen LogP contribution in [0.4, 0.5) is 0 Å². The average Bonchev–Trinajstić information content (AvgIpc) is 2.98. The second-order valence-corrected chi connectivity index (χ2v) is 6.91. The molecule has 1 fully saturated rings. The van der Waals surface area contributed by atoms with E-state index in [0.29, 0.717) is 10.0 Å². The number of rotatable bonds is 3. The Hall–Kier alpha value is -1.79. The molecule has 3 aromatic rings. The maximum absolute atomic E-state index is 11.5. The monoisotopic (exact) mass is 377 g/mol. The van der Waals surface area contributed by atoms with Gasteiger partial charge in [0, 0.05) is 30.2 Å². The van der Waals surface area contributed by atoms with E-state index in [2.05, 4.69) is 14.9 Å². The topological polar surface area (TPSA) is 61.1 Å². The lowest BCUT2D eigenvalue weighted by atomic mass is 10.0. The third-order valence-corrected chi connectivity index (χ3v) is 5.22. The summed E-state index contributed by atoms with van der Waals surface area (Å²) in [6, 6.07) is 9.50. The number of hydrogen-bond donors (Lipinski definition) is 2. The van der Waals surface area contributed by atoms with Gasteiger partial charge in [-0.3, -0.25) is 4.90 Å². The molecule has 2 aromatic carbocycles. The number of aromatic nitrogens is 2. The Morgan fingerprint density at radius 1 is 1.04 bits per heavy atom. The summed E-state index contributed by atoms with van der Waals surface area (Å²) < 4.78 is 5.39. The van der Waals surface area contributed by atoms with Crippen LogP contribution < -0.4 is 5.69 Å². The third kappa shape index (κ3) is 3.33. The number of halogens is 2. The molecule has 2 N–H and O–H groups in total. The molecule has 7 heteroatoms. The highest BCUT2D eigenvalue weighted by Gasteiger charge is 2.17. The Morgan fingerprint density at radius 2 is 1.80 bits per heavy atom. The van der Waals surface area contributed by atoms with E-state index in [9.17, 15) is 4.79 Å². The lowest BCUT2D eigenvalue weighted by Gasteiger charge is -2.27. The SMILES string of the molecule is O=c1[nH]c2ccc(-c3c(Cl)ccc(CN4CCOCC4)c3Cl)cc2[nH]1. The van der Waals surface area contributed by atoms with Crippen molar-refractivity contribution >= 4 is 34.2 Å². The minimum atomic E-state index is -0.231. The van der Waals surface area contributed by atoms with E-state index in [4.69, 9.17) is 27.9 Å². The highest BCUT2D eigenvalue weighted by Crippen LogP contribution is 2.38. The molecule has 0 aliphatic carbocycles. The van der Waals surface area contributed by atoms with Gasteiger partial charge in [0.2, 0.25) is 0 Å². The minimum Gasteiger partial charge on any atom is -0.379 e. The van der Waals surface area contributed by atoms with Crippen molar-refractivity contribution in [3.05, 3.63) is 56.4 Å². The molecule has 1 aliphatic heterocycles. The van der Waals surface area contributed by atoms with E-state index in [1.54, 1.807) is 0 Å². The van der Waals surface area contributed by atoms with Crippen molar-refractivity contribution in [3.8, 4) is 11.1 Å². The number of benzene rings is 2. The fourth-order valence-electron chi connectivity index (χ4n) is 3.17. The molecule has 0 spiro atoms. The molecule has 1 aromatic heterocycles. The fourth-order valence-corrected chi connectivity index (χ4v) is 3.82. The normalized spacial score (nSPS) is 15.8. The summed E-state index contributed by atoms with van der Waals surface area (Å²) in [6.07, 6.45) is 0. The van der Waals surface area contributed by atoms with Gasteiger partial charge in [-0.1, -0.05) is 35.3 Å². The predicted molar refractivity (Wildman–Crippen MR) is 100 cm³/mol. The number of aromatic amines is 2. The second kappa shape index (κ2) is 6.84. The van der Waals surface area contributed by atoms with Crippen LogP contribution in [0.15, 0.2) is 35.1 Å². The summed E-state index contributed by atoms with van der Waals surface area (Å²) in [5.41, 5.74) is 3.95. The molecule has 130 valence electrons. The van der Waals surface area contributed by atoms with E-state index >= 15 is 0 Å². The van der Waals surface area contributed by atoms with Crippen molar-refractivity contribution in [2.75, 3.05) is 26.3 Å². The molecule has 0 amide bonds. The molecule has 4 rings (SSSR count). The quantitative estimate of drug-likeness (QED) is 0.731. The molecule has 25 heavy (non-hydrogen) atoms. The number of fused-ring (bicyclic) bond motifs is 1. The van der Waals surface area contributed by atoms with E-state index < -0.39 is 0 Å². The Kier molecular flexibility index (Phi) is 4.56. The first-order valence-electron chi connectivity index (χ1n) is 8.11. The zero-order valence-corrected chi connectivity index (χ0v) is 15.0. The predicted octanol–water partition coefficient (Wildman–Crippen LogP) is 3.66. The van der Waals surface area contributed by atoms with Gasteiger partial charge in [-0.15, -0.1) is 0 Å². The largest absolute Gasteiger partial charge is 0.379 e. The van der Waals surface area contributed by atoms with Gasteiger partial charge in [-0.25, -0.2) is 4.79 Å². The molecular formula is C18H17Cl2N3O2. The standard InChI is InChI=1S/C18H17Cl2N3O2/c19-13-3-1-12(10-23-5-7-25-8-6-23)17(20)16(13)11-2-4-14-15(9-11)22-18(24)21-14/h1-4,9H,5-8,10H2,(H2,21,22,24). The first kappa shape index (κ1) is 16.7. The minimum absolute atomic E-state index is 0.231. The van der Waals surface area contributed by atoms with Gasteiger partial charge >= 0.3 is 5.69 Å². The summed E-state index contributed by atoms with van der Waals surface area (Å²) in [6.45, 7) is 4.04. The maximum atomic E-state index is 11.5. The fraction of sp³-hybridized carbons (Fsp3) is 0.278. The Balaban J connectivity index is 1.74. The van der Waals surface area contributed by atoms with Crippen molar-refractivity contribution in [2.45, 2.75) is 6.54 Å². The molecule has 0 bridgehead atoms. The second-order valence-electron chi connectivity index (χ2n) is 6.12. The molecule has 0 unspecified atom stereocenters. The summed E-state index contributed by atoms with van der Waals surface area (Å²) in [5, 5.41) is 1.24. The first-order valence-corrected chi connectivity index (χ1v) is 8.87. The van der Waals surface area contributed by atoms with Crippen LogP contribution in [0.1, 0.15) is 5.56 Å². The van der Waals surface area contributed by atoms with Gasteiger partial charge in [0.25, 0.3) is 0 Å². The van der Waals surface area contributed by atoms with Crippen molar-refractivity contribution in [3.63, 3.8) is 0 Å². The van der Waals surface area contributed by atoms with Gasteiger partial charge in [-0.2, -0.15) is 0 Å². The van der Waals surface area contributed by atoms with Crippen molar-refractivity contribution in [2.24, 2.45) is 0 Å². The van der Waals surface area contributed by atoms with E-state index in [1.807, 2.05) is 30.3 Å². The van der Waals surface area contributed by atoms with E-state index in [-0.39, 0.29) is 5.69 Å². The number of ether oxygens (including phenoxy) is 1. The Bertz CT molecular complexity index is 974. The molecule has 0 radical (unpaired) electrons. The smallest absolute Gasteiger partial charge is 0.323 e. The molecule has 1 aliphatic rings. The molecule has 0 atom stereocenters. The van der Waals surface area contributed by atoms with Crippen LogP contribution in [0, 0.1) is 0 Å². The number of hydrogen-bond acceptors (Lipinski definition) is 3. The van der Waals surface area contributed by atoms with Crippen LogP contribution in [0.5, 0.6) is 0 Å². The summed E-state index contributed by atoms with van der Waals surface area (Å²) >= 11 is 13.1. The lowest BCUT2D eigenvalue weighted by molar-refractivity contribution is 0.0342. The zero-order chi connectivity index (χ0) is 17.4. The van der Waals surface area contributed by atoms with Gasteiger partial charge in [0.05, 0.1) is 29.3 Å². The molecule has 1 saturated heterocycles. The third-order valence-electron chi connectivity index (χ3n) is 4.47. The van der Waals surface area contributed by atoms with Crippen LogP contribution >= 0.6 is 23.2 Å². The van der Waals surface area contributed by atoms with Crippen LogP contribution in [0.2, 0.25) is 10.0 Å². The van der Waals surface area contributed by atoms with Gasteiger partial charge in [0.15, 0.2) is 0 Å². The number of H-pyrrole nitrogens is 2. The van der Waals surface area contributed by atoms with Crippen molar-refractivity contribution < 1.29 is 4.74 Å². The summed E-state index contributed by atoms with van der Waals surface area (Å²) in [4.78, 5) is 19.3. The van der Waals surface area contributed by atoms with Crippen LogP contribution in [-0.2, 0) is 11.3 Å². The molecular weight excluding hydrogens is 361 g/mol. The zero-order valence-electron chi connectivity index (χ0n) is 13.4.